The van der Waals surface area contributed by atoms with Crippen LogP contribution in [0.15, 0.2) is 47.7 Å². The van der Waals surface area contributed by atoms with Crippen molar-refractivity contribution in [3.05, 3.63) is 58.3 Å². The van der Waals surface area contributed by atoms with Crippen LogP contribution in [0.3, 0.4) is 0 Å². The molecule has 1 N–H and O–H groups in total. The molecule has 5 rings (SSSR count). The van der Waals surface area contributed by atoms with Gasteiger partial charge in [0, 0.05) is 28.9 Å². The molecule has 2 nitrogen and oxygen atoms in total. The maximum Gasteiger partial charge on any atom is 0.0703 e. The Labute approximate surface area is 123 Å². The SMILES string of the molecule is C1=C2CCCCC2=CN2CC=c3c([nH]c4ccccc34)=C12. The molecule has 0 saturated heterocycles. The van der Waals surface area contributed by atoms with Crippen molar-refractivity contribution in [3.8, 4) is 0 Å². The molecule has 0 atom stereocenters. The Morgan fingerprint density at radius 2 is 1.86 bits per heavy atom. The Morgan fingerprint density at radius 1 is 1.00 bits per heavy atom. The Hall–Kier alpha value is -2.22. The molecule has 2 aromatic rings. The van der Waals surface area contributed by atoms with E-state index in [1.807, 2.05) is 0 Å². The van der Waals surface area contributed by atoms with Crippen LogP contribution in [0.4, 0.5) is 0 Å². The van der Waals surface area contributed by atoms with Crippen molar-refractivity contribution >= 4 is 22.7 Å². The minimum Gasteiger partial charge on any atom is -0.353 e. The number of rotatable bonds is 0. The van der Waals surface area contributed by atoms with E-state index in [0.717, 1.165) is 6.54 Å². The van der Waals surface area contributed by atoms with Gasteiger partial charge in [-0.15, -0.1) is 0 Å². The zero-order valence-corrected chi connectivity index (χ0v) is 12.0. The largest absolute Gasteiger partial charge is 0.353 e. The van der Waals surface area contributed by atoms with Crippen LogP contribution in [0.1, 0.15) is 25.7 Å². The van der Waals surface area contributed by atoms with E-state index in [4.69, 9.17) is 0 Å². The van der Waals surface area contributed by atoms with Gasteiger partial charge in [-0.2, -0.15) is 0 Å². The van der Waals surface area contributed by atoms with Crippen molar-refractivity contribution in [2.24, 2.45) is 0 Å². The minimum atomic E-state index is 0.984. The first-order valence-corrected chi connectivity index (χ1v) is 7.90. The Kier molecular flexibility index (Phi) is 2.25. The zero-order valence-electron chi connectivity index (χ0n) is 12.0. The molecule has 2 heteroatoms. The van der Waals surface area contributed by atoms with Crippen molar-refractivity contribution in [2.45, 2.75) is 25.7 Å². The summed E-state index contributed by atoms with van der Waals surface area (Å²) < 4.78 is 0. The third kappa shape index (κ3) is 1.59. The number of hydrogen-bond acceptors (Lipinski definition) is 1. The number of fused-ring (bicyclic) bond motifs is 5. The second-order valence-electron chi connectivity index (χ2n) is 6.23. The number of allylic oxidation sites excluding steroid dienone is 2. The lowest BCUT2D eigenvalue weighted by Gasteiger charge is -2.31. The Balaban J connectivity index is 1.83. The van der Waals surface area contributed by atoms with E-state index < -0.39 is 0 Å². The van der Waals surface area contributed by atoms with Crippen molar-refractivity contribution < 1.29 is 0 Å². The van der Waals surface area contributed by atoms with E-state index in [1.165, 1.54) is 52.9 Å². The van der Waals surface area contributed by atoms with E-state index in [-0.39, 0.29) is 0 Å². The molecule has 0 unspecified atom stereocenters. The molecular weight excluding hydrogens is 256 g/mol. The summed E-state index contributed by atoms with van der Waals surface area (Å²) in [5.41, 5.74) is 5.70. The minimum absolute atomic E-state index is 0.984. The number of nitrogens with one attached hydrogen (secondary N) is 1. The molecule has 1 aliphatic carbocycles. The summed E-state index contributed by atoms with van der Waals surface area (Å²) in [7, 11) is 0. The van der Waals surface area contributed by atoms with Crippen molar-refractivity contribution in [1.29, 1.82) is 0 Å². The third-order valence-corrected chi connectivity index (χ3v) is 4.98. The lowest BCUT2D eigenvalue weighted by atomic mass is 9.87. The number of aromatic nitrogens is 1. The molecule has 21 heavy (non-hydrogen) atoms. The van der Waals surface area contributed by atoms with Crippen molar-refractivity contribution in [2.75, 3.05) is 6.54 Å². The molecule has 0 bridgehead atoms. The van der Waals surface area contributed by atoms with E-state index in [1.54, 1.807) is 11.1 Å². The Morgan fingerprint density at radius 3 is 2.81 bits per heavy atom. The summed E-state index contributed by atoms with van der Waals surface area (Å²) in [6.45, 7) is 0.984. The lowest BCUT2D eigenvalue weighted by Crippen LogP contribution is -2.38. The molecule has 1 aromatic carbocycles. The second kappa shape index (κ2) is 4.14. The number of hydrogen-bond donors (Lipinski definition) is 1. The van der Waals surface area contributed by atoms with E-state index >= 15 is 0 Å². The van der Waals surface area contributed by atoms with Gasteiger partial charge >= 0.3 is 0 Å². The van der Waals surface area contributed by atoms with Gasteiger partial charge in [-0.25, -0.2) is 0 Å². The number of para-hydroxylation sites is 1. The highest BCUT2D eigenvalue weighted by atomic mass is 15.1. The van der Waals surface area contributed by atoms with Crippen LogP contribution < -0.4 is 10.6 Å². The standard InChI is InChI=1S/C19H18N2/c1-2-6-14-12-21-10-9-16-15-7-3-4-8-17(15)20-19(16)18(21)11-13(14)5-1/h3-4,7-9,11-12,20H,1-2,5-6,10H2. The number of nitrogens with zero attached hydrogens (tertiary/aromatic N) is 1. The lowest BCUT2D eigenvalue weighted by molar-refractivity contribution is 0.564. The first-order chi connectivity index (χ1) is 10.4. The summed E-state index contributed by atoms with van der Waals surface area (Å²) in [6, 6.07) is 8.62. The molecule has 1 saturated carbocycles. The molecule has 3 heterocycles. The Bertz CT molecular complexity index is 924. The van der Waals surface area contributed by atoms with Crippen LogP contribution in [-0.4, -0.2) is 16.4 Å². The molecule has 0 amide bonds. The molecule has 0 spiro atoms. The smallest absolute Gasteiger partial charge is 0.0703 e. The average molecular weight is 274 g/mol. The monoisotopic (exact) mass is 274 g/mol. The van der Waals surface area contributed by atoms with Gasteiger partial charge in [-0.1, -0.05) is 24.3 Å². The first-order valence-electron chi connectivity index (χ1n) is 7.90. The predicted octanol–water partition coefficient (Wildman–Crippen LogP) is 2.77. The van der Waals surface area contributed by atoms with Crippen LogP contribution >= 0.6 is 0 Å². The zero-order chi connectivity index (χ0) is 13.8. The topological polar surface area (TPSA) is 19.0 Å². The van der Waals surface area contributed by atoms with Gasteiger partial charge in [-0.3, -0.25) is 0 Å². The third-order valence-electron chi connectivity index (χ3n) is 4.98. The van der Waals surface area contributed by atoms with Gasteiger partial charge in [0.15, 0.2) is 0 Å². The predicted molar refractivity (Wildman–Crippen MR) is 86.8 cm³/mol. The van der Waals surface area contributed by atoms with Gasteiger partial charge in [0.25, 0.3) is 0 Å². The normalized spacial score (nSPS) is 20.2. The fourth-order valence-corrected chi connectivity index (χ4v) is 3.90. The quantitative estimate of drug-likeness (QED) is 0.782. The summed E-state index contributed by atoms with van der Waals surface area (Å²) >= 11 is 0. The molecule has 3 aliphatic rings. The van der Waals surface area contributed by atoms with Crippen molar-refractivity contribution in [1.82, 2.24) is 9.88 Å². The van der Waals surface area contributed by atoms with Crippen LogP contribution in [0.2, 0.25) is 0 Å². The van der Waals surface area contributed by atoms with Crippen LogP contribution in [0, 0.1) is 0 Å². The fourth-order valence-electron chi connectivity index (χ4n) is 3.90. The molecular formula is C19H18N2. The molecule has 104 valence electrons. The molecule has 0 radical (unpaired) electrons. The number of aromatic amines is 1. The number of H-pyrrole nitrogens is 1. The van der Waals surface area contributed by atoms with Gasteiger partial charge < -0.3 is 9.88 Å². The molecule has 2 aliphatic heterocycles. The summed E-state index contributed by atoms with van der Waals surface area (Å²) in [5, 5.41) is 4.01. The van der Waals surface area contributed by atoms with E-state index in [2.05, 4.69) is 52.5 Å². The maximum atomic E-state index is 3.63. The van der Waals surface area contributed by atoms with Crippen LogP contribution in [-0.2, 0) is 0 Å². The highest BCUT2D eigenvalue weighted by Gasteiger charge is 2.22. The van der Waals surface area contributed by atoms with Gasteiger partial charge in [0.2, 0.25) is 0 Å². The first kappa shape index (κ1) is 11.4. The summed E-state index contributed by atoms with van der Waals surface area (Å²) in [6.07, 6.45) is 12.3. The van der Waals surface area contributed by atoms with Crippen LogP contribution in [0.25, 0.3) is 22.7 Å². The van der Waals surface area contributed by atoms with E-state index in [0.29, 0.717) is 0 Å². The van der Waals surface area contributed by atoms with E-state index in [9.17, 15) is 0 Å². The average Bonchev–Trinajstić information content (AvgIpc) is 2.92. The highest BCUT2D eigenvalue weighted by Crippen LogP contribution is 2.34. The van der Waals surface area contributed by atoms with Crippen LogP contribution in [0.5, 0.6) is 0 Å². The molecule has 1 fully saturated rings. The molecule has 1 aromatic heterocycles. The maximum absolute atomic E-state index is 3.63. The highest BCUT2D eigenvalue weighted by molar-refractivity contribution is 5.83. The summed E-state index contributed by atoms with van der Waals surface area (Å²) in [5.74, 6) is 0. The van der Waals surface area contributed by atoms with Gasteiger partial charge in [-0.05, 0) is 49.0 Å². The van der Waals surface area contributed by atoms with Gasteiger partial charge in [0.05, 0.1) is 11.0 Å². The van der Waals surface area contributed by atoms with Gasteiger partial charge in [0.1, 0.15) is 0 Å². The summed E-state index contributed by atoms with van der Waals surface area (Å²) in [4.78, 5) is 6.03. The van der Waals surface area contributed by atoms with Crippen molar-refractivity contribution in [3.63, 3.8) is 0 Å². The number of benzene rings is 1. The second-order valence-corrected chi connectivity index (χ2v) is 6.23. The fraction of sp³-hybridized carbons (Fsp3) is 0.263.